The van der Waals surface area contributed by atoms with Gasteiger partial charge in [0.1, 0.15) is 5.15 Å². The molecule has 94 valence electrons. The second kappa shape index (κ2) is 5.80. The molecule has 1 aromatic rings. The van der Waals surface area contributed by atoms with Gasteiger partial charge in [-0.3, -0.25) is 10.6 Å². The first-order valence-corrected chi connectivity index (χ1v) is 6.77. The van der Waals surface area contributed by atoms with Gasteiger partial charge in [-0.25, -0.2) is 4.98 Å². The van der Waals surface area contributed by atoms with Gasteiger partial charge in [0, 0.05) is 11.8 Å². The summed E-state index contributed by atoms with van der Waals surface area (Å²) in [6, 6.07) is 4.02. The fourth-order valence-electron chi connectivity index (χ4n) is 2.42. The van der Waals surface area contributed by atoms with Gasteiger partial charge in [0.05, 0.1) is 5.66 Å². The van der Waals surface area contributed by atoms with E-state index in [1.165, 1.54) is 12.8 Å². The molecule has 0 bridgehead atoms. The molecule has 2 heterocycles. The van der Waals surface area contributed by atoms with Crippen LogP contribution in [0, 0.1) is 0 Å². The van der Waals surface area contributed by atoms with Crippen LogP contribution in [0.25, 0.3) is 0 Å². The Morgan fingerprint density at radius 1 is 1.53 bits per heavy atom. The Morgan fingerprint density at radius 3 is 3.06 bits per heavy atom. The fraction of sp³-hybridized carbons (Fsp3) is 0.615. The minimum atomic E-state index is -0.181. The van der Waals surface area contributed by atoms with E-state index in [1.54, 1.807) is 6.20 Å². The predicted octanol–water partition coefficient (Wildman–Crippen LogP) is 2.66. The van der Waals surface area contributed by atoms with Crippen molar-refractivity contribution in [2.75, 3.05) is 13.1 Å². The predicted molar refractivity (Wildman–Crippen MR) is 71.1 cm³/mol. The topological polar surface area (TPSA) is 37.0 Å². The number of rotatable bonds is 4. The molecule has 0 aromatic carbocycles. The maximum absolute atomic E-state index is 6.23. The highest BCUT2D eigenvalue weighted by molar-refractivity contribution is 6.30. The van der Waals surface area contributed by atoms with Crippen LogP contribution in [0.3, 0.4) is 0 Å². The zero-order chi connectivity index (χ0) is 12.1. The molecular weight excluding hydrogens is 234 g/mol. The van der Waals surface area contributed by atoms with Crippen LogP contribution in [0.2, 0.25) is 5.15 Å². The normalized spacial score (nSPS) is 24.8. The first kappa shape index (κ1) is 12.8. The van der Waals surface area contributed by atoms with E-state index >= 15 is 0 Å². The number of aromatic nitrogens is 1. The zero-order valence-electron chi connectivity index (χ0n) is 10.3. The third-order valence-corrected chi connectivity index (χ3v) is 3.60. The molecule has 2 rings (SSSR count). The molecule has 1 atom stereocenters. The number of hydrogen-bond donors (Lipinski definition) is 2. The van der Waals surface area contributed by atoms with Crippen molar-refractivity contribution < 1.29 is 0 Å². The molecule has 1 unspecified atom stereocenters. The third-order valence-electron chi connectivity index (χ3n) is 3.30. The van der Waals surface area contributed by atoms with Gasteiger partial charge in [0.2, 0.25) is 0 Å². The van der Waals surface area contributed by atoms with Crippen molar-refractivity contribution in [3.8, 4) is 0 Å². The van der Waals surface area contributed by atoms with Crippen LogP contribution < -0.4 is 10.6 Å². The smallest absolute Gasteiger partial charge is 0.135 e. The summed E-state index contributed by atoms with van der Waals surface area (Å²) in [7, 11) is 0. The number of nitrogens with one attached hydrogen (secondary N) is 2. The van der Waals surface area contributed by atoms with Gasteiger partial charge in [-0.05, 0) is 44.8 Å². The monoisotopic (exact) mass is 253 g/mol. The van der Waals surface area contributed by atoms with E-state index < -0.39 is 0 Å². The summed E-state index contributed by atoms with van der Waals surface area (Å²) in [5.41, 5.74) is 0.898. The van der Waals surface area contributed by atoms with Crippen LogP contribution in [0.15, 0.2) is 18.3 Å². The lowest BCUT2D eigenvalue weighted by atomic mass is 9.91. The van der Waals surface area contributed by atoms with Gasteiger partial charge in [-0.1, -0.05) is 24.6 Å². The Balaban J connectivity index is 2.28. The molecule has 3 nitrogen and oxygen atoms in total. The van der Waals surface area contributed by atoms with E-state index in [0.717, 1.165) is 31.5 Å². The quantitative estimate of drug-likeness (QED) is 0.810. The van der Waals surface area contributed by atoms with Crippen molar-refractivity contribution in [3.63, 3.8) is 0 Å². The standard InChI is InChI=1S/C13H20ClN3/c1-2-8-16-13(7-3-4-10-17-13)11-6-5-9-15-12(11)14/h5-6,9,16-17H,2-4,7-8,10H2,1H3. The molecule has 1 aromatic heterocycles. The lowest BCUT2D eigenvalue weighted by molar-refractivity contribution is 0.201. The van der Waals surface area contributed by atoms with Crippen molar-refractivity contribution in [2.45, 2.75) is 38.3 Å². The number of halogens is 1. The van der Waals surface area contributed by atoms with E-state index in [4.69, 9.17) is 11.6 Å². The number of piperidine rings is 1. The Labute approximate surface area is 108 Å². The molecule has 4 heteroatoms. The van der Waals surface area contributed by atoms with E-state index in [0.29, 0.717) is 5.15 Å². The lowest BCUT2D eigenvalue weighted by Gasteiger charge is -2.40. The highest BCUT2D eigenvalue weighted by atomic mass is 35.5. The summed E-state index contributed by atoms with van der Waals surface area (Å²) >= 11 is 6.23. The molecule has 1 saturated heterocycles. The fourth-order valence-corrected chi connectivity index (χ4v) is 2.70. The molecule has 17 heavy (non-hydrogen) atoms. The van der Waals surface area contributed by atoms with Crippen LogP contribution in [0.4, 0.5) is 0 Å². The van der Waals surface area contributed by atoms with Gasteiger partial charge < -0.3 is 0 Å². The van der Waals surface area contributed by atoms with Crippen molar-refractivity contribution >= 4 is 11.6 Å². The average molecular weight is 254 g/mol. The Bertz CT molecular complexity index is 361. The van der Waals surface area contributed by atoms with Crippen molar-refractivity contribution in [1.29, 1.82) is 0 Å². The van der Waals surface area contributed by atoms with E-state index in [2.05, 4.69) is 28.6 Å². The maximum Gasteiger partial charge on any atom is 0.135 e. The lowest BCUT2D eigenvalue weighted by Crippen LogP contribution is -2.56. The van der Waals surface area contributed by atoms with E-state index in [9.17, 15) is 0 Å². The van der Waals surface area contributed by atoms with Gasteiger partial charge in [-0.15, -0.1) is 0 Å². The van der Waals surface area contributed by atoms with Crippen LogP contribution >= 0.6 is 11.6 Å². The summed E-state index contributed by atoms with van der Waals surface area (Å²) < 4.78 is 0. The number of nitrogens with zero attached hydrogens (tertiary/aromatic N) is 1. The summed E-state index contributed by atoms with van der Waals surface area (Å²) in [5, 5.41) is 7.80. The molecule has 0 radical (unpaired) electrons. The summed E-state index contributed by atoms with van der Waals surface area (Å²) in [6.07, 6.45) is 6.37. The van der Waals surface area contributed by atoms with Crippen LogP contribution in [-0.4, -0.2) is 18.1 Å². The molecule has 0 spiro atoms. The third kappa shape index (κ3) is 2.79. The van der Waals surface area contributed by atoms with E-state index in [1.807, 2.05) is 6.07 Å². The first-order valence-electron chi connectivity index (χ1n) is 6.39. The van der Waals surface area contributed by atoms with Crippen LogP contribution in [0.5, 0.6) is 0 Å². The van der Waals surface area contributed by atoms with Crippen LogP contribution in [0.1, 0.15) is 38.2 Å². The molecule has 2 N–H and O–H groups in total. The second-order valence-corrected chi connectivity index (χ2v) is 4.92. The molecule has 1 fully saturated rings. The highest BCUT2D eigenvalue weighted by Crippen LogP contribution is 2.31. The SMILES string of the molecule is CCCNC1(c2cccnc2Cl)CCCCN1. The van der Waals surface area contributed by atoms with Gasteiger partial charge in [0.15, 0.2) is 0 Å². The van der Waals surface area contributed by atoms with Crippen molar-refractivity contribution in [3.05, 3.63) is 29.0 Å². The maximum atomic E-state index is 6.23. The Morgan fingerprint density at radius 2 is 2.41 bits per heavy atom. The van der Waals surface area contributed by atoms with Crippen LogP contribution in [-0.2, 0) is 5.66 Å². The molecule has 1 aliphatic rings. The van der Waals surface area contributed by atoms with E-state index in [-0.39, 0.29) is 5.66 Å². The number of hydrogen-bond acceptors (Lipinski definition) is 3. The minimum absolute atomic E-state index is 0.181. The molecule has 0 saturated carbocycles. The summed E-state index contributed by atoms with van der Waals surface area (Å²) in [6.45, 7) is 4.19. The highest BCUT2D eigenvalue weighted by Gasteiger charge is 2.34. The summed E-state index contributed by atoms with van der Waals surface area (Å²) in [5.74, 6) is 0. The van der Waals surface area contributed by atoms with Gasteiger partial charge >= 0.3 is 0 Å². The summed E-state index contributed by atoms with van der Waals surface area (Å²) in [4.78, 5) is 4.19. The van der Waals surface area contributed by atoms with Gasteiger partial charge in [0.25, 0.3) is 0 Å². The van der Waals surface area contributed by atoms with Crippen molar-refractivity contribution in [2.24, 2.45) is 0 Å². The molecule has 0 aliphatic carbocycles. The molecule has 1 aliphatic heterocycles. The largest absolute Gasteiger partial charge is 0.295 e. The van der Waals surface area contributed by atoms with Crippen molar-refractivity contribution in [1.82, 2.24) is 15.6 Å². The van der Waals surface area contributed by atoms with Gasteiger partial charge in [-0.2, -0.15) is 0 Å². The Hall–Kier alpha value is -0.640. The Kier molecular flexibility index (Phi) is 4.37. The zero-order valence-corrected chi connectivity index (χ0v) is 11.1. The average Bonchev–Trinajstić information content (AvgIpc) is 2.38. The second-order valence-electron chi connectivity index (χ2n) is 4.56. The number of pyridine rings is 1. The molecular formula is C13H20ClN3. The molecule has 0 amide bonds. The minimum Gasteiger partial charge on any atom is -0.295 e. The first-order chi connectivity index (χ1) is 8.28.